The van der Waals surface area contributed by atoms with Gasteiger partial charge in [-0.3, -0.25) is 14.5 Å². The van der Waals surface area contributed by atoms with Gasteiger partial charge in [0.05, 0.1) is 12.0 Å². The number of carbonyl (C=O) groups is 2. The molecule has 1 atom stereocenters. The number of amides is 1. The van der Waals surface area contributed by atoms with Crippen molar-refractivity contribution in [3.8, 4) is 0 Å². The number of carboxylic acids is 1. The van der Waals surface area contributed by atoms with Gasteiger partial charge in [0.15, 0.2) is 0 Å². The Morgan fingerprint density at radius 1 is 1.33 bits per heavy atom. The molecule has 0 saturated carbocycles. The lowest BCUT2D eigenvalue weighted by Gasteiger charge is -2.25. The number of hydrogen-bond donors (Lipinski definition) is 1. The molecule has 1 N–H and O–H groups in total. The van der Waals surface area contributed by atoms with Crippen molar-refractivity contribution in [1.82, 2.24) is 4.90 Å². The van der Waals surface area contributed by atoms with Crippen molar-refractivity contribution in [3.05, 3.63) is 30.3 Å². The second-order valence-corrected chi connectivity index (χ2v) is 5.80. The first-order valence-corrected chi connectivity index (χ1v) is 7.27. The van der Waals surface area contributed by atoms with Crippen molar-refractivity contribution in [2.75, 3.05) is 31.1 Å². The maximum absolute atomic E-state index is 12.4. The van der Waals surface area contributed by atoms with Gasteiger partial charge in [-0.25, -0.2) is 0 Å². The van der Waals surface area contributed by atoms with Crippen LogP contribution in [0.15, 0.2) is 30.3 Å². The SMILES string of the molecule is CCN(C(=O)CN1CCC(C)(C(=O)O)C1)c1ccccc1. The summed E-state index contributed by atoms with van der Waals surface area (Å²) in [5.41, 5.74) is 0.148. The third-order valence-corrected chi connectivity index (χ3v) is 4.11. The van der Waals surface area contributed by atoms with Crippen molar-refractivity contribution in [2.24, 2.45) is 5.41 Å². The zero-order chi connectivity index (χ0) is 15.5. The Balaban J connectivity index is 2.00. The van der Waals surface area contributed by atoms with Crippen LogP contribution in [0, 0.1) is 5.41 Å². The molecule has 1 aliphatic rings. The lowest BCUT2D eigenvalue weighted by molar-refractivity contribution is -0.147. The number of benzene rings is 1. The number of anilines is 1. The number of likely N-dealkylation sites (tertiary alicyclic amines) is 1. The number of likely N-dealkylation sites (N-methyl/N-ethyl adjacent to an activating group) is 1. The van der Waals surface area contributed by atoms with E-state index in [4.69, 9.17) is 0 Å². The molecule has 0 aliphatic carbocycles. The highest BCUT2D eigenvalue weighted by molar-refractivity contribution is 5.94. The number of nitrogens with zero attached hydrogens (tertiary/aromatic N) is 2. The Bertz CT molecular complexity index is 518. The van der Waals surface area contributed by atoms with Crippen LogP contribution in [0.4, 0.5) is 5.69 Å². The van der Waals surface area contributed by atoms with Gasteiger partial charge in [-0.05, 0) is 38.9 Å². The molecule has 1 fully saturated rings. The predicted octanol–water partition coefficient (Wildman–Crippen LogP) is 1.84. The number of hydrogen-bond acceptors (Lipinski definition) is 3. The quantitative estimate of drug-likeness (QED) is 0.899. The average Bonchev–Trinajstić information content (AvgIpc) is 2.83. The number of aliphatic carboxylic acids is 1. The molecule has 5 nitrogen and oxygen atoms in total. The Hall–Kier alpha value is -1.88. The van der Waals surface area contributed by atoms with Gasteiger partial charge >= 0.3 is 5.97 Å². The molecule has 1 aliphatic heterocycles. The minimum absolute atomic E-state index is 0.0124. The molecule has 1 heterocycles. The Morgan fingerprint density at radius 2 is 2.00 bits per heavy atom. The van der Waals surface area contributed by atoms with E-state index < -0.39 is 11.4 Å². The summed E-state index contributed by atoms with van der Waals surface area (Å²) >= 11 is 0. The van der Waals surface area contributed by atoms with Crippen LogP contribution in [0.3, 0.4) is 0 Å². The predicted molar refractivity (Wildman–Crippen MR) is 81.3 cm³/mol. The highest BCUT2D eigenvalue weighted by atomic mass is 16.4. The summed E-state index contributed by atoms with van der Waals surface area (Å²) in [6.07, 6.45) is 0.590. The topological polar surface area (TPSA) is 60.9 Å². The lowest BCUT2D eigenvalue weighted by atomic mass is 9.90. The fourth-order valence-corrected chi connectivity index (χ4v) is 2.75. The van der Waals surface area contributed by atoms with Crippen molar-refractivity contribution < 1.29 is 14.7 Å². The Kier molecular flexibility index (Phi) is 4.63. The van der Waals surface area contributed by atoms with Crippen LogP contribution in [0.25, 0.3) is 0 Å². The first-order chi connectivity index (χ1) is 9.96. The molecule has 0 radical (unpaired) electrons. The third kappa shape index (κ3) is 3.42. The van der Waals surface area contributed by atoms with Crippen molar-refractivity contribution in [3.63, 3.8) is 0 Å². The molecule has 2 rings (SSSR count). The van der Waals surface area contributed by atoms with Crippen LogP contribution >= 0.6 is 0 Å². The van der Waals surface area contributed by atoms with Gasteiger partial charge in [0.25, 0.3) is 0 Å². The summed E-state index contributed by atoms with van der Waals surface area (Å²) in [5.74, 6) is -0.772. The monoisotopic (exact) mass is 290 g/mol. The first-order valence-electron chi connectivity index (χ1n) is 7.27. The van der Waals surface area contributed by atoms with Gasteiger partial charge in [0.2, 0.25) is 5.91 Å². The fraction of sp³-hybridized carbons (Fsp3) is 0.500. The highest BCUT2D eigenvalue weighted by Crippen LogP contribution is 2.30. The number of rotatable bonds is 5. The average molecular weight is 290 g/mol. The maximum atomic E-state index is 12.4. The minimum Gasteiger partial charge on any atom is -0.481 e. The maximum Gasteiger partial charge on any atom is 0.310 e. The van der Waals surface area contributed by atoms with Gasteiger partial charge in [-0.1, -0.05) is 18.2 Å². The molecule has 1 unspecified atom stereocenters. The van der Waals surface area contributed by atoms with E-state index >= 15 is 0 Å². The summed E-state index contributed by atoms with van der Waals surface area (Å²) in [5, 5.41) is 9.24. The largest absolute Gasteiger partial charge is 0.481 e. The summed E-state index contributed by atoms with van der Waals surface area (Å²) in [6.45, 7) is 5.64. The number of carbonyl (C=O) groups excluding carboxylic acids is 1. The molecule has 0 spiro atoms. The van der Waals surface area contributed by atoms with E-state index in [0.717, 1.165) is 5.69 Å². The smallest absolute Gasteiger partial charge is 0.310 e. The Labute approximate surface area is 125 Å². The zero-order valence-electron chi connectivity index (χ0n) is 12.6. The minimum atomic E-state index is -0.784. The van der Waals surface area contributed by atoms with E-state index in [1.54, 1.807) is 11.8 Å². The van der Waals surface area contributed by atoms with Gasteiger partial charge < -0.3 is 10.0 Å². The van der Waals surface area contributed by atoms with Crippen LogP contribution in [0.5, 0.6) is 0 Å². The van der Waals surface area contributed by atoms with Crippen LogP contribution in [-0.2, 0) is 9.59 Å². The third-order valence-electron chi connectivity index (χ3n) is 4.11. The van der Waals surface area contributed by atoms with Crippen LogP contribution in [0.2, 0.25) is 0 Å². The first kappa shape index (κ1) is 15.5. The molecule has 5 heteroatoms. The van der Waals surface area contributed by atoms with Gasteiger partial charge in [0, 0.05) is 18.8 Å². The Morgan fingerprint density at radius 3 is 2.52 bits per heavy atom. The second kappa shape index (κ2) is 6.26. The zero-order valence-corrected chi connectivity index (χ0v) is 12.6. The summed E-state index contributed by atoms with van der Waals surface area (Å²) in [4.78, 5) is 27.4. The van der Waals surface area contributed by atoms with Crippen molar-refractivity contribution in [1.29, 1.82) is 0 Å². The molecule has 1 aromatic carbocycles. The van der Waals surface area contributed by atoms with Crippen molar-refractivity contribution >= 4 is 17.6 Å². The van der Waals surface area contributed by atoms with Crippen LogP contribution in [0.1, 0.15) is 20.3 Å². The molecule has 21 heavy (non-hydrogen) atoms. The molecule has 114 valence electrons. The molecule has 0 aromatic heterocycles. The normalized spacial score (nSPS) is 22.2. The fourth-order valence-electron chi connectivity index (χ4n) is 2.75. The second-order valence-electron chi connectivity index (χ2n) is 5.80. The van der Waals surface area contributed by atoms with E-state index in [1.165, 1.54) is 0 Å². The van der Waals surface area contributed by atoms with E-state index in [2.05, 4.69) is 0 Å². The van der Waals surface area contributed by atoms with Gasteiger partial charge in [-0.2, -0.15) is 0 Å². The standard InChI is InChI=1S/C16H22N2O3/c1-3-18(13-7-5-4-6-8-13)14(19)11-17-10-9-16(2,12-17)15(20)21/h4-8H,3,9-12H2,1-2H3,(H,20,21). The highest BCUT2D eigenvalue weighted by Gasteiger charge is 2.41. The van der Waals surface area contributed by atoms with E-state index in [9.17, 15) is 14.7 Å². The lowest BCUT2D eigenvalue weighted by Crippen LogP contribution is -2.41. The van der Waals surface area contributed by atoms with E-state index in [-0.39, 0.29) is 12.5 Å². The number of para-hydroxylation sites is 1. The van der Waals surface area contributed by atoms with Crippen LogP contribution in [-0.4, -0.2) is 48.1 Å². The van der Waals surface area contributed by atoms with Crippen molar-refractivity contribution in [2.45, 2.75) is 20.3 Å². The van der Waals surface area contributed by atoms with E-state index in [0.29, 0.717) is 26.1 Å². The molecule has 0 bridgehead atoms. The van der Waals surface area contributed by atoms with Gasteiger partial charge in [-0.15, -0.1) is 0 Å². The molecule has 1 amide bonds. The van der Waals surface area contributed by atoms with Gasteiger partial charge in [0.1, 0.15) is 0 Å². The summed E-state index contributed by atoms with van der Waals surface area (Å²) in [6, 6.07) is 9.55. The molecular formula is C16H22N2O3. The molecule has 1 saturated heterocycles. The molecular weight excluding hydrogens is 268 g/mol. The molecule has 1 aromatic rings. The van der Waals surface area contributed by atoms with E-state index in [1.807, 2.05) is 42.2 Å². The summed E-state index contributed by atoms with van der Waals surface area (Å²) in [7, 11) is 0. The summed E-state index contributed by atoms with van der Waals surface area (Å²) < 4.78 is 0. The van der Waals surface area contributed by atoms with Crippen LogP contribution < -0.4 is 4.90 Å². The number of carboxylic acid groups (broad SMARTS) is 1.